The van der Waals surface area contributed by atoms with Gasteiger partial charge in [0, 0.05) is 24.3 Å². The van der Waals surface area contributed by atoms with Crippen LogP contribution in [0.3, 0.4) is 0 Å². The Hall–Kier alpha value is -2.25. The summed E-state index contributed by atoms with van der Waals surface area (Å²) in [6, 6.07) is 0.792. The van der Waals surface area contributed by atoms with Gasteiger partial charge >= 0.3 is 10.2 Å². The first-order valence-corrected chi connectivity index (χ1v) is 10.2. The molecule has 1 amide bonds. The molecule has 1 saturated heterocycles. The van der Waals surface area contributed by atoms with E-state index >= 15 is 4.39 Å². The van der Waals surface area contributed by atoms with Crippen molar-refractivity contribution in [3.8, 4) is 11.5 Å². The molecule has 3 N–H and O–H groups in total. The van der Waals surface area contributed by atoms with E-state index in [0.717, 1.165) is 6.07 Å². The molecule has 1 aromatic carbocycles. The fourth-order valence-electron chi connectivity index (χ4n) is 3.12. The van der Waals surface area contributed by atoms with E-state index in [1.807, 2.05) is 0 Å². The molecule has 0 aromatic heterocycles. The fraction of sp³-hybridized carbons (Fsp3) is 0.562. The third kappa shape index (κ3) is 4.85. The molecule has 0 saturated carbocycles. The Kier molecular flexibility index (Phi) is 6.39. The zero-order chi connectivity index (χ0) is 21.2. The van der Waals surface area contributed by atoms with Crippen molar-refractivity contribution in [2.24, 2.45) is 0 Å². The number of amides is 1. The summed E-state index contributed by atoms with van der Waals surface area (Å²) in [7, 11) is -4.29. The number of anilines is 1. The first-order valence-electron chi connectivity index (χ1n) is 8.78. The van der Waals surface area contributed by atoms with E-state index in [0.29, 0.717) is 17.3 Å². The molecule has 3 rings (SSSR count). The average Bonchev–Trinajstić information content (AvgIpc) is 2.90. The van der Waals surface area contributed by atoms with Crippen molar-refractivity contribution in [1.82, 2.24) is 10.0 Å². The Balaban J connectivity index is 1.68. The maximum absolute atomic E-state index is 15.1. The van der Waals surface area contributed by atoms with Crippen molar-refractivity contribution in [2.75, 3.05) is 37.2 Å². The lowest BCUT2D eigenvalue weighted by Gasteiger charge is -2.28. The summed E-state index contributed by atoms with van der Waals surface area (Å²) >= 11 is 0. The normalized spacial score (nSPS) is 20.5. The molecule has 1 unspecified atom stereocenters. The number of halogens is 3. The SMILES string of the molecule is O=C1CN(c2c(O)cc3c(c2F)CC(NCCCOCC(F)F)CO3)S(=O)(=O)N1. The van der Waals surface area contributed by atoms with E-state index in [2.05, 4.69) is 5.32 Å². The van der Waals surface area contributed by atoms with Crippen LogP contribution in [0.25, 0.3) is 0 Å². The quantitative estimate of drug-likeness (QED) is 0.498. The van der Waals surface area contributed by atoms with Crippen LogP contribution < -0.4 is 19.1 Å². The topological polar surface area (TPSA) is 117 Å². The van der Waals surface area contributed by atoms with Crippen molar-refractivity contribution >= 4 is 21.8 Å². The third-order valence-corrected chi connectivity index (χ3v) is 5.76. The predicted octanol–water partition coefficient (Wildman–Crippen LogP) is 0.277. The van der Waals surface area contributed by atoms with Crippen LogP contribution >= 0.6 is 0 Å². The van der Waals surface area contributed by atoms with E-state index in [9.17, 15) is 27.1 Å². The summed E-state index contributed by atoms with van der Waals surface area (Å²) in [5.74, 6) is -2.42. The number of aromatic hydroxyl groups is 1. The van der Waals surface area contributed by atoms with Crippen LogP contribution in [-0.2, 0) is 26.2 Å². The molecular weight excluding hydrogens is 419 g/mol. The lowest BCUT2D eigenvalue weighted by molar-refractivity contribution is -0.117. The summed E-state index contributed by atoms with van der Waals surface area (Å²) in [5.41, 5.74) is -0.559. The summed E-state index contributed by atoms with van der Waals surface area (Å²) in [6.45, 7) is -0.550. The van der Waals surface area contributed by atoms with Gasteiger partial charge in [-0.25, -0.2) is 22.2 Å². The number of ether oxygens (including phenoxy) is 2. The number of nitrogens with one attached hydrogen (secondary N) is 2. The Bertz CT molecular complexity index is 883. The van der Waals surface area contributed by atoms with Gasteiger partial charge in [0.05, 0.1) is 0 Å². The average molecular weight is 439 g/mol. The molecule has 1 atom stereocenters. The first-order chi connectivity index (χ1) is 13.7. The molecule has 2 aliphatic rings. The molecule has 2 heterocycles. The second-order valence-corrected chi connectivity index (χ2v) is 8.15. The number of hydrogen-bond donors (Lipinski definition) is 3. The van der Waals surface area contributed by atoms with Crippen LogP contribution in [0, 0.1) is 5.82 Å². The molecule has 0 radical (unpaired) electrons. The van der Waals surface area contributed by atoms with E-state index < -0.39 is 52.9 Å². The Morgan fingerprint density at radius 2 is 2.21 bits per heavy atom. The number of hydrogen-bond acceptors (Lipinski definition) is 7. The van der Waals surface area contributed by atoms with Crippen molar-refractivity contribution in [2.45, 2.75) is 25.3 Å². The third-order valence-electron chi connectivity index (χ3n) is 4.38. The Morgan fingerprint density at radius 3 is 2.86 bits per heavy atom. The van der Waals surface area contributed by atoms with Gasteiger partial charge in [0.15, 0.2) is 5.82 Å². The highest BCUT2D eigenvalue weighted by Gasteiger charge is 2.39. The smallest absolute Gasteiger partial charge is 0.326 e. The summed E-state index contributed by atoms with van der Waals surface area (Å²) in [5, 5.41) is 13.2. The van der Waals surface area contributed by atoms with Gasteiger partial charge in [0.25, 0.3) is 12.3 Å². The van der Waals surface area contributed by atoms with Gasteiger partial charge in [-0.2, -0.15) is 8.42 Å². The monoisotopic (exact) mass is 439 g/mol. The highest BCUT2D eigenvalue weighted by Crippen LogP contribution is 2.41. The maximum Gasteiger partial charge on any atom is 0.326 e. The van der Waals surface area contributed by atoms with Crippen LogP contribution in [0.1, 0.15) is 12.0 Å². The molecule has 162 valence electrons. The van der Waals surface area contributed by atoms with Gasteiger partial charge in [0.1, 0.15) is 36.9 Å². The standard InChI is InChI=1S/C16H20F3N3O6S/c17-13(18)8-27-3-1-2-20-9-4-10-12(28-7-9)5-11(23)16(15(10)19)22-6-14(24)21-29(22,25)26/h5,9,13,20,23H,1-4,6-8H2,(H,21,24). The number of phenols is 1. The van der Waals surface area contributed by atoms with Gasteiger partial charge in [-0.1, -0.05) is 0 Å². The van der Waals surface area contributed by atoms with Gasteiger partial charge < -0.3 is 19.9 Å². The second kappa shape index (κ2) is 8.63. The molecule has 29 heavy (non-hydrogen) atoms. The highest BCUT2D eigenvalue weighted by molar-refractivity contribution is 7.92. The summed E-state index contributed by atoms with van der Waals surface area (Å²) < 4.78 is 75.4. The van der Waals surface area contributed by atoms with Gasteiger partial charge in [-0.15, -0.1) is 0 Å². The van der Waals surface area contributed by atoms with E-state index in [1.165, 1.54) is 0 Å². The molecular formula is C16H20F3N3O6S. The summed E-state index contributed by atoms with van der Waals surface area (Å²) in [6.07, 6.45) is -1.93. The zero-order valence-corrected chi connectivity index (χ0v) is 16.0. The number of nitrogens with zero attached hydrogens (tertiary/aromatic N) is 1. The van der Waals surface area contributed by atoms with Crippen molar-refractivity contribution in [3.05, 3.63) is 17.4 Å². The number of carbonyl (C=O) groups excluding carboxylic acids is 1. The highest BCUT2D eigenvalue weighted by atomic mass is 32.2. The number of phenolic OH excluding ortho intramolecular Hbond substituents is 1. The lowest BCUT2D eigenvalue weighted by Crippen LogP contribution is -2.40. The number of fused-ring (bicyclic) bond motifs is 1. The fourth-order valence-corrected chi connectivity index (χ4v) is 4.29. The number of rotatable bonds is 8. The zero-order valence-electron chi connectivity index (χ0n) is 15.2. The molecule has 0 aliphatic carbocycles. The first kappa shape index (κ1) is 21.5. The molecule has 0 spiro atoms. The van der Waals surface area contributed by atoms with Crippen LogP contribution in [-0.4, -0.2) is 64.8 Å². The predicted molar refractivity (Wildman–Crippen MR) is 94.9 cm³/mol. The number of carbonyl (C=O) groups is 1. The van der Waals surface area contributed by atoms with Crippen molar-refractivity contribution in [3.63, 3.8) is 0 Å². The van der Waals surface area contributed by atoms with E-state index in [4.69, 9.17) is 9.47 Å². The van der Waals surface area contributed by atoms with Crippen molar-refractivity contribution in [1.29, 1.82) is 0 Å². The van der Waals surface area contributed by atoms with Crippen molar-refractivity contribution < 1.29 is 41.0 Å². The molecule has 1 fully saturated rings. The molecule has 0 bridgehead atoms. The van der Waals surface area contributed by atoms with Crippen LogP contribution in [0.5, 0.6) is 11.5 Å². The van der Waals surface area contributed by atoms with Crippen LogP contribution in [0.4, 0.5) is 18.9 Å². The lowest BCUT2D eigenvalue weighted by atomic mass is 10.0. The van der Waals surface area contributed by atoms with Crippen LogP contribution in [0.2, 0.25) is 0 Å². The summed E-state index contributed by atoms with van der Waals surface area (Å²) in [4.78, 5) is 11.4. The molecule has 2 aliphatic heterocycles. The maximum atomic E-state index is 15.1. The molecule has 1 aromatic rings. The second-order valence-electron chi connectivity index (χ2n) is 6.56. The largest absolute Gasteiger partial charge is 0.505 e. The Morgan fingerprint density at radius 1 is 1.45 bits per heavy atom. The minimum atomic E-state index is -4.29. The number of benzene rings is 1. The van der Waals surface area contributed by atoms with E-state index in [-0.39, 0.29) is 37.0 Å². The number of alkyl halides is 2. The molecule has 13 heteroatoms. The van der Waals surface area contributed by atoms with Gasteiger partial charge in [-0.3, -0.25) is 4.79 Å². The van der Waals surface area contributed by atoms with E-state index in [1.54, 1.807) is 4.72 Å². The Labute approximate surface area is 165 Å². The molecule has 9 nitrogen and oxygen atoms in total. The van der Waals surface area contributed by atoms with Crippen LogP contribution in [0.15, 0.2) is 6.07 Å². The van der Waals surface area contributed by atoms with Gasteiger partial charge in [0.2, 0.25) is 0 Å². The van der Waals surface area contributed by atoms with Gasteiger partial charge in [-0.05, 0) is 19.4 Å². The minimum Gasteiger partial charge on any atom is -0.505 e. The minimum absolute atomic E-state index is 0.0602.